The summed E-state index contributed by atoms with van der Waals surface area (Å²) in [6.45, 7) is 0. The zero-order chi connectivity index (χ0) is 16.0. The Bertz CT molecular complexity index is 967. The molecule has 110 valence electrons. The summed E-state index contributed by atoms with van der Waals surface area (Å²) < 4.78 is 0. The molecule has 0 aliphatic carbocycles. The van der Waals surface area contributed by atoms with Crippen molar-refractivity contribution in [1.82, 2.24) is 0 Å². The first-order valence-corrected chi connectivity index (χ1v) is 6.11. The summed E-state index contributed by atoms with van der Waals surface area (Å²) in [5.74, 6) is -1.86. The van der Waals surface area contributed by atoms with E-state index in [1.54, 1.807) is 24.3 Å². The summed E-state index contributed by atoms with van der Waals surface area (Å²) >= 11 is 0. The van der Waals surface area contributed by atoms with Gasteiger partial charge < -0.3 is 10.2 Å². The number of hydrogen-bond donors (Lipinski definition) is 2. The molecular weight excluding hydrogens is 292 g/mol. The van der Waals surface area contributed by atoms with Crippen LogP contribution in [0.4, 0.5) is 11.4 Å². The Labute approximate surface area is 122 Å². The second-order valence-corrected chi connectivity index (χ2v) is 4.65. The third kappa shape index (κ3) is 1.78. The topological polar surface area (TPSA) is 127 Å². The molecule has 0 spiro atoms. The van der Waals surface area contributed by atoms with Gasteiger partial charge in [-0.3, -0.25) is 20.2 Å². The summed E-state index contributed by atoms with van der Waals surface area (Å²) in [5.41, 5.74) is -1.97. The van der Waals surface area contributed by atoms with Crippen LogP contribution in [0.1, 0.15) is 0 Å². The number of hydrogen-bond acceptors (Lipinski definition) is 6. The molecule has 0 saturated carbocycles. The Kier molecular flexibility index (Phi) is 2.81. The number of phenolic OH excluding ortho intramolecular Hbond substituents is 2. The lowest BCUT2D eigenvalue weighted by Gasteiger charge is -2.07. The number of benzene rings is 3. The fourth-order valence-corrected chi connectivity index (χ4v) is 2.47. The monoisotopic (exact) mass is 300 g/mol. The van der Waals surface area contributed by atoms with Gasteiger partial charge in [0, 0.05) is 5.39 Å². The number of aromatic hydroxyl groups is 2. The molecular formula is C14H8N2O6. The van der Waals surface area contributed by atoms with Crippen LogP contribution in [0, 0.1) is 20.2 Å². The zero-order valence-corrected chi connectivity index (χ0v) is 10.9. The average Bonchev–Trinajstić information content (AvgIpc) is 2.48. The van der Waals surface area contributed by atoms with E-state index in [9.17, 15) is 30.4 Å². The Morgan fingerprint density at radius 1 is 0.773 bits per heavy atom. The summed E-state index contributed by atoms with van der Waals surface area (Å²) in [5, 5.41) is 43.2. The highest BCUT2D eigenvalue weighted by molar-refractivity contribution is 6.08. The van der Waals surface area contributed by atoms with Crippen molar-refractivity contribution in [3.63, 3.8) is 0 Å². The molecule has 0 amide bonds. The highest BCUT2D eigenvalue weighted by atomic mass is 16.6. The Balaban J connectivity index is 2.62. The molecule has 0 radical (unpaired) electrons. The molecule has 0 aliphatic rings. The van der Waals surface area contributed by atoms with Gasteiger partial charge in [0.2, 0.25) is 5.75 Å². The van der Waals surface area contributed by atoms with Gasteiger partial charge in [-0.05, 0) is 22.9 Å². The molecule has 3 aromatic carbocycles. The summed E-state index contributed by atoms with van der Waals surface area (Å²) in [4.78, 5) is 20.3. The number of nitrogens with zero attached hydrogens (tertiary/aromatic N) is 2. The van der Waals surface area contributed by atoms with Crippen LogP contribution in [0.2, 0.25) is 0 Å². The zero-order valence-electron chi connectivity index (χ0n) is 10.9. The summed E-state index contributed by atoms with van der Waals surface area (Å²) in [7, 11) is 0. The fourth-order valence-electron chi connectivity index (χ4n) is 2.47. The minimum absolute atomic E-state index is 0.0199. The Morgan fingerprint density at radius 3 is 1.77 bits per heavy atom. The van der Waals surface area contributed by atoms with Gasteiger partial charge in [-0.2, -0.15) is 0 Å². The SMILES string of the molecule is O=[N+]([O-])c1c(O)c(O)c2cc3ccccc3cc2c1[N+](=O)[O-]. The molecule has 0 aromatic heterocycles. The first-order valence-electron chi connectivity index (χ1n) is 6.11. The van der Waals surface area contributed by atoms with Crippen LogP contribution in [0.15, 0.2) is 36.4 Å². The summed E-state index contributed by atoms with van der Waals surface area (Å²) in [6, 6.07) is 9.69. The van der Waals surface area contributed by atoms with E-state index in [-0.39, 0.29) is 10.8 Å². The lowest BCUT2D eigenvalue weighted by atomic mass is 10.00. The first kappa shape index (κ1) is 13.6. The van der Waals surface area contributed by atoms with E-state index in [2.05, 4.69) is 0 Å². The molecule has 3 aromatic rings. The van der Waals surface area contributed by atoms with E-state index in [1.807, 2.05) is 0 Å². The van der Waals surface area contributed by atoms with Gasteiger partial charge in [-0.15, -0.1) is 0 Å². The first-order chi connectivity index (χ1) is 10.4. The minimum atomic E-state index is -1.12. The van der Waals surface area contributed by atoms with Crippen LogP contribution in [-0.4, -0.2) is 20.1 Å². The maximum atomic E-state index is 11.2. The molecule has 0 unspecified atom stereocenters. The molecule has 0 heterocycles. The van der Waals surface area contributed by atoms with Gasteiger partial charge in [0.25, 0.3) is 0 Å². The molecule has 0 bridgehead atoms. The van der Waals surface area contributed by atoms with Crippen LogP contribution < -0.4 is 0 Å². The molecule has 22 heavy (non-hydrogen) atoms. The number of phenols is 2. The van der Waals surface area contributed by atoms with Gasteiger partial charge in [0.1, 0.15) is 0 Å². The van der Waals surface area contributed by atoms with Crippen molar-refractivity contribution < 1.29 is 20.1 Å². The van der Waals surface area contributed by atoms with Crippen LogP contribution in [0.3, 0.4) is 0 Å². The third-order valence-corrected chi connectivity index (χ3v) is 3.43. The lowest BCUT2D eigenvalue weighted by Crippen LogP contribution is -1.98. The number of rotatable bonds is 2. The van der Waals surface area contributed by atoms with E-state index in [4.69, 9.17) is 0 Å². The summed E-state index contributed by atoms with van der Waals surface area (Å²) in [6.07, 6.45) is 0. The second kappa shape index (κ2) is 4.55. The van der Waals surface area contributed by atoms with Crippen molar-refractivity contribution in [3.8, 4) is 11.5 Å². The van der Waals surface area contributed by atoms with Crippen molar-refractivity contribution in [2.75, 3.05) is 0 Å². The van der Waals surface area contributed by atoms with E-state index in [1.165, 1.54) is 12.1 Å². The molecule has 2 N–H and O–H groups in total. The smallest absolute Gasteiger partial charge is 0.391 e. The molecule has 0 saturated heterocycles. The van der Waals surface area contributed by atoms with Crippen LogP contribution in [-0.2, 0) is 0 Å². The Hall–Kier alpha value is -3.42. The van der Waals surface area contributed by atoms with E-state index in [0.717, 1.165) is 0 Å². The van der Waals surface area contributed by atoms with Crippen molar-refractivity contribution in [2.45, 2.75) is 0 Å². The number of fused-ring (bicyclic) bond motifs is 2. The van der Waals surface area contributed by atoms with E-state index in [0.29, 0.717) is 10.8 Å². The van der Waals surface area contributed by atoms with Gasteiger partial charge in [0.05, 0.1) is 15.2 Å². The van der Waals surface area contributed by atoms with Gasteiger partial charge in [0.15, 0.2) is 5.75 Å². The number of nitro benzene ring substituents is 2. The highest BCUT2D eigenvalue weighted by Crippen LogP contribution is 2.49. The molecule has 8 heteroatoms. The number of nitro groups is 2. The largest absolute Gasteiger partial charge is 0.504 e. The second-order valence-electron chi connectivity index (χ2n) is 4.65. The maximum Gasteiger partial charge on any atom is 0.391 e. The van der Waals surface area contributed by atoms with Crippen LogP contribution in [0.5, 0.6) is 11.5 Å². The molecule has 8 nitrogen and oxygen atoms in total. The van der Waals surface area contributed by atoms with Gasteiger partial charge >= 0.3 is 11.4 Å². The average molecular weight is 300 g/mol. The maximum absolute atomic E-state index is 11.2. The quantitative estimate of drug-likeness (QED) is 0.324. The normalized spacial score (nSPS) is 10.9. The predicted molar refractivity (Wildman–Crippen MR) is 78.1 cm³/mol. The van der Waals surface area contributed by atoms with Gasteiger partial charge in [-0.25, -0.2) is 0 Å². The molecule has 3 rings (SSSR count). The molecule has 0 fully saturated rings. The van der Waals surface area contributed by atoms with Crippen molar-refractivity contribution in [1.29, 1.82) is 0 Å². The predicted octanol–water partition coefficient (Wildman–Crippen LogP) is 3.22. The molecule has 0 atom stereocenters. The highest BCUT2D eigenvalue weighted by Gasteiger charge is 2.35. The standard InChI is InChI=1S/C14H8N2O6/c17-13-10-6-8-4-2-1-3-7(8)5-9(10)11(15(19)20)12(14(13)18)16(21)22/h1-6,17-18H. The molecule has 0 aliphatic heterocycles. The van der Waals surface area contributed by atoms with E-state index < -0.39 is 32.7 Å². The van der Waals surface area contributed by atoms with Crippen molar-refractivity contribution >= 4 is 32.9 Å². The van der Waals surface area contributed by atoms with Crippen LogP contribution >= 0.6 is 0 Å². The van der Waals surface area contributed by atoms with Crippen LogP contribution in [0.25, 0.3) is 21.5 Å². The third-order valence-electron chi connectivity index (χ3n) is 3.43. The van der Waals surface area contributed by atoms with E-state index >= 15 is 0 Å². The lowest BCUT2D eigenvalue weighted by molar-refractivity contribution is -0.421. The minimum Gasteiger partial charge on any atom is -0.504 e. The Morgan fingerprint density at radius 2 is 1.27 bits per heavy atom. The fraction of sp³-hybridized carbons (Fsp3) is 0. The van der Waals surface area contributed by atoms with Gasteiger partial charge in [-0.1, -0.05) is 24.3 Å². The van der Waals surface area contributed by atoms with Crippen molar-refractivity contribution in [3.05, 3.63) is 56.6 Å². The van der Waals surface area contributed by atoms with Crippen molar-refractivity contribution in [2.24, 2.45) is 0 Å².